The second-order valence-electron chi connectivity index (χ2n) is 3.92. The monoisotopic (exact) mass is 260 g/mol. The van der Waals surface area contributed by atoms with E-state index in [0.717, 1.165) is 5.56 Å². The number of halogens is 1. The molecule has 2 aromatic rings. The van der Waals surface area contributed by atoms with Crippen LogP contribution in [-0.2, 0) is 0 Å². The number of anilines is 2. The number of nitrogens with zero attached hydrogens (tertiary/aromatic N) is 2. The highest BCUT2D eigenvalue weighted by atomic mass is 19.1. The summed E-state index contributed by atoms with van der Waals surface area (Å²) in [4.78, 5) is 19.7. The molecule has 0 unspecified atom stereocenters. The van der Waals surface area contributed by atoms with Crippen LogP contribution in [0.3, 0.4) is 0 Å². The number of amides is 1. The lowest BCUT2D eigenvalue weighted by Gasteiger charge is -2.09. The molecule has 0 radical (unpaired) electrons. The summed E-state index contributed by atoms with van der Waals surface area (Å²) in [5.41, 5.74) is 1.34. The van der Waals surface area contributed by atoms with Gasteiger partial charge in [0.05, 0.1) is 17.4 Å². The van der Waals surface area contributed by atoms with E-state index >= 15 is 0 Å². The Morgan fingerprint density at radius 1 is 1.32 bits per heavy atom. The molecule has 2 aromatic heterocycles. The van der Waals surface area contributed by atoms with Crippen molar-refractivity contribution in [2.24, 2.45) is 0 Å². The van der Waals surface area contributed by atoms with E-state index < -0.39 is 11.7 Å². The van der Waals surface area contributed by atoms with Crippen LogP contribution in [0.5, 0.6) is 0 Å². The second kappa shape index (κ2) is 5.43. The molecule has 0 aliphatic carbocycles. The minimum atomic E-state index is -0.677. The van der Waals surface area contributed by atoms with Crippen LogP contribution in [0, 0.1) is 12.7 Å². The zero-order valence-electron chi connectivity index (χ0n) is 10.6. The van der Waals surface area contributed by atoms with Crippen molar-refractivity contribution in [3.63, 3.8) is 0 Å². The third-order valence-electron chi connectivity index (χ3n) is 2.66. The van der Waals surface area contributed by atoms with Crippen LogP contribution in [0.4, 0.5) is 15.9 Å². The predicted octanol–water partition coefficient (Wildman–Crippen LogP) is 2.22. The Balaban J connectivity index is 2.28. The molecule has 98 valence electrons. The maximum Gasteiger partial charge on any atom is 0.258 e. The van der Waals surface area contributed by atoms with E-state index in [2.05, 4.69) is 20.6 Å². The average Bonchev–Trinajstić information content (AvgIpc) is 2.41. The van der Waals surface area contributed by atoms with Crippen LogP contribution in [0.25, 0.3) is 0 Å². The third kappa shape index (κ3) is 2.67. The molecule has 2 N–H and O–H groups in total. The summed E-state index contributed by atoms with van der Waals surface area (Å²) < 4.78 is 13.9. The first-order valence-electron chi connectivity index (χ1n) is 5.67. The molecule has 19 heavy (non-hydrogen) atoms. The summed E-state index contributed by atoms with van der Waals surface area (Å²) >= 11 is 0. The standard InChI is InChI=1S/C13H13FN4O/c1-8-3-5-16-7-10(8)18-13(19)9-4-6-17-12(15-2)11(9)14/h3-7H,1-2H3,(H,15,17)(H,18,19). The van der Waals surface area contributed by atoms with Crippen molar-refractivity contribution in [3.8, 4) is 0 Å². The Morgan fingerprint density at radius 2 is 2.11 bits per heavy atom. The van der Waals surface area contributed by atoms with Gasteiger partial charge in [-0.15, -0.1) is 0 Å². The highest BCUT2D eigenvalue weighted by Gasteiger charge is 2.16. The lowest BCUT2D eigenvalue weighted by atomic mass is 10.2. The van der Waals surface area contributed by atoms with Gasteiger partial charge < -0.3 is 10.6 Å². The lowest BCUT2D eigenvalue weighted by molar-refractivity contribution is 0.102. The van der Waals surface area contributed by atoms with Crippen LogP contribution < -0.4 is 10.6 Å². The van der Waals surface area contributed by atoms with Gasteiger partial charge in [-0.25, -0.2) is 9.37 Å². The zero-order chi connectivity index (χ0) is 13.8. The van der Waals surface area contributed by atoms with E-state index in [1.807, 2.05) is 6.92 Å². The number of pyridine rings is 2. The molecule has 0 atom stereocenters. The smallest absolute Gasteiger partial charge is 0.258 e. The maximum atomic E-state index is 13.9. The largest absolute Gasteiger partial charge is 0.371 e. The SMILES string of the molecule is CNc1nccc(C(=O)Nc2cnccc2C)c1F. The Labute approximate surface area is 109 Å². The number of aromatic nitrogens is 2. The van der Waals surface area contributed by atoms with Crippen molar-refractivity contribution in [2.75, 3.05) is 17.7 Å². The molecule has 5 nitrogen and oxygen atoms in total. The molecular weight excluding hydrogens is 247 g/mol. The van der Waals surface area contributed by atoms with Crippen LogP contribution in [0.1, 0.15) is 15.9 Å². The molecule has 2 rings (SSSR count). The molecule has 0 aromatic carbocycles. The van der Waals surface area contributed by atoms with E-state index in [1.54, 1.807) is 19.3 Å². The van der Waals surface area contributed by atoms with Gasteiger partial charge in [0.2, 0.25) is 0 Å². The van der Waals surface area contributed by atoms with Crippen molar-refractivity contribution < 1.29 is 9.18 Å². The van der Waals surface area contributed by atoms with Gasteiger partial charge in [-0.3, -0.25) is 9.78 Å². The van der Waals surface area contributed by atoms with E-state index in [9.17, 15) is 9.18 Å². The van der Waals surface area contributed by atoms with Crippen molar-refractivity contribution in [1.29, 1.82) is 0 Å². The first-order chi connectivity index (χ1) is 9.13. The zero-order valence-corrected chi connectivity index (χ0v) is 10.6. The first kappa shape index (κ1) is 12.9. The Bertz CT molecular complexity index is 615. The molecule has 0 fully saturated rings. The normalized spacial score (nSPS) is 10.1. The van der Waals surface area contributed by atoms with E-state index in [-0.39, 0.29) is 11.4 Å². The lowest BCUT2D eigenvalue weighted by Crippen LogP contribution is -2.16. The minimum Gasteiger partial charge on any atom is -0.371 e. The number of aryl methyl sites for hydroxylation is 1. The van der Waals surface area contributed by atoms with Crippen molar-refractivity contribution >= 4 is 17.4 Å². The van der Waals surface area contributed by atoms with Gasteiger partial charge in [-0.2, -0.15) is 0 Å². The van der Waals surface area contributed by atoms with E-state index in [0.29, 0.717) is 5.69 Å². The second-order valence-corrected chi connectivity index (χ2v) is 3.92. The quantitative estimate of drug-likeness (QED) is 0.888. The number of hydrogen-bond acceptors (Lipinski definition) is 4. The summed E-state index contributed by atoms with van der Waals surface area (Å²) in [6.07, 6.45) is 4.52. The maximum absolute atomic E-state index is 13.9. The molecule has 6 heteroatoms. The van der Waals surface area contributed by atoms with Gasteiger partial charge in [0, 0.05) is 19.4 Å². The molecule has 0 spiro atoms. The molecular formula is C13H13FN4O. The summed E-state index contributed by atoms with van der Waals surface area (Å²) in [6.45, 7) is 1.83. The van der Waals surface area contributed by atoms with Crippen LogP contribution in [0.2, 0.25) is 0 Å². The number of rotatable bonds is 3. The minimum absolute atomic E-state index is 0.0376. The summed E-state index contributed by atoms with van der Waals surface area (Å²) in [6, 6.07) is 3.09. The summed E-state index contributed by atoms with van der Waals surface area (Å²) in [5.74, 6) is -1.17. The molecule has 0 aliphatic rings. The van der Waals surface area contributed by atoms with E-state index in [4.69, 9.17) is 0 Å². The van der Waals surface area contributed by atoms with Gasteiger partial charge in [0.25, 0.3) is 5.91 Å². The molecule has 0 saturated heterocycles. The fraction of sp³-hybridized carbons (Fsp3) is 0.154. The number of carbonyl (C=O) groups is 1. The number of carbonyl (C=O) groups excluding carboxylic acids is 1. The van der Waals surface area contributed by atoms with Crippen LogP contribution >= 0.6 is 0 Å². The van der Waals surface area contributed by atoms with Crippen LogP contribution in [-0.4, -0.2) is 22.9 Å². The van der Waals surface area contributed by atoms with Crippen LogP contribution in [0.15, 0.2) is 30.7 Å². The van der Waals surface area contributed by atoms with Gasteiger partial charge in [-0.1, -0.05) is 0 Å². The molecule has 0 saturated carbocycles. The van der Waals surface area contributed by atoms with Gasteiger partial charge in [0.1, 0.15) is 0 Å². The third-order valence-corrected chi connectivity index (χ3v) is 2.66. The predicted molar refractivity (Wildman–Crippen MR) is 70.7 cm³/mol. The fourth-order valence-electron chi connectivity index (χ4n) is 1.58. The highest BCUT2D eigenvalue weighted by Crippen LogP contribution is 2.17. The molecule has 1 amide bonds. The van der Waals surface area contributed by atoms with Crippen molar-refractivity contribution in [2.45, 2.75) is 6.92 Å². The number of nitrogens with one attached hydrogen (secondary N) is 2. The van der Waals surface area contributed by atoms with Gasteiger partial charge in [-0.05, 0) is 24.6 Å². The number of hydrogen-bond donors (Lipinski definition) is 2. The summed E-state index contributed by atoms with van der Waals surface area (Å²) in [5, 5.41) is 5.21. The molecule has 0 bridgehead atoms. The first-order valence-corrected chi connectivity index (χ1v) is 5.67. The molecule has 2 heterocycles. The fourth-order valence-corrected chi connectivity index (χ4v) is 1.58. The van der Waals surface area contributed by atoms with Crippen molar-refractivity contribution in [1.82, 2.24) is 9.97 Å². The van der Waals surface area contributed by atoms with Gasteiger partial charge in [0.15, 0.2) is 11.6 Å². The topological polar surface area (TPSA) is 66.9 Å². The highest BCUT2D eigenvalue weighted by molar-refractivity contribution is 6.05. The Hall–Kier alpha value is -2.50. The van der Waals surface area contributed by atoms with Gasteiger partial charge >= 0.3 is 0 Å². The Morgan fingerprint density at radius 3 is 2.79 bits per heavy atom. The van der Waals surface area contributed by atoms with E-state index in [1.165, 1.54) is 18.5 Å². The molecule has 0 aliphatic heterocycles. The van der Waals surface area contributed by atoms with Crippen molar-refractivity contribution in [3.05, 3.63) is 47.7 Å². The summed E-state index contributed by atoms with van der Waals surface area (Å²) in [7, 11) is 1.54. The average molecular weight is 260 g/mol. The Kier molecular flexibility index (Phi) is 3.70.